The van der Waals surface area contributed by atoms with E-state index in [2.05, 4.69) is 20.1 Å². The van der Waals surface area contributed by atoms with E-state index in [-0.39, 0.29) is 40.0 Å². The van der Waals surface area contributed by atoms with E-state index < -0.39 is 40.2 Å². The van der Waals surface area contributed by atoms with Crippen LogP contribution in [0.3, 0.4) is 0 Å². The van der Waals surface area contributed by atoms with Gasteiger partial charge in [0.2, 0.25) is 0 Å². The lowest BCUT2D eigenvalue weighted by molar-refractivity contribution is -0.0964. The lowest BCUT2D eigenvalue weighted by atomic mass is 9.95. The number of alkyl halides is 4. The number of H-pyrrole nitrogens is 1. The van der Waals surface area contributed by atoms with Crippen molar-refractivity contribution in [2.24, 2.45) is 11.8 Å². The van der Waals surface area contributed by atoms with Gasteiger partial charge in [-0.3, -0.25) is 10.00 Å². The molecule has 2 aromatic carbocycles. The summed E-state index contributed by atoms with van der Waals surface area (Å²) in [7, 11) is 0. The number of hydrogen-bond donors (Lipinski definition) is 1. The van der Waals surface area contributed by atoms with E-state index in [4.69, 9.17) is 26.1 Å². The van der Waals surface area contributed by atoms with Crippen molar-refractivity contribution in [1.82, 2.24) is 25.1 Å². The number of aromatic nitrogens is 4. The Labute approximate surface area is 266 Å². The van der Waals surface area contributed by atoms with Crippen molar-refractivity contribution in [3.8, 4) is 22.9 Å². The number of fused-ring (bicyclic) bond motifs is 5. The Hall–Kier alpha value is -3.45. The highest BCUT2D eigenvalue weighted by Gasteiger charge is 2.49. The maximum absolute atomic E-state index is 16.9. The van der Waals surface area contributed by atoms with Gasteiger partial charge in [-0.05, 0) is 75.1 Å². The second-order valence-corrected chi connectivity index (χ2v) is 13.8. The number of benzene rings is 2. The van der Waals surface area contributed by atoms with E-state index in [0.717, 1.165) is 44.7 Å². The minimum absolute atomic E-state index is 0.109. The lowest BCUT2D eigenvalue weighted by Crippen LogP contribution is -2.43. The molecule has 5 heterocycles. The van der Waals surface area contributed by atoms with Crippen molar-refractivity contribution in [3.05, 3.63) is 35.5 Å². The summed E-state index contributed by atoms with van der Waals surface area (Å²) < 4.78 is 86.7. The summed E-state index contributed by atoms with van der Waals surface area (Å²) in [5, 5.41) is 6.97. The maximum atomic E-state index is 16.9. The van der Waals surface area contributed by atoms with Gasteiger partial charge in [0, 0.05) is 54.0 Å². The number of ether oxygens (including phenoxy) is 2. The van der Waals surface area contributed by atoms with Gasteiger partial charge < -0.3 is 14.4 Å². The zero-order valence-corrected chi connectivity index (χ0v) is 25.8. The molecule has 2 unspecified atom stereocenters. The van der Waals surface area contributed by atoms with Crippen LogP contribution in [0.4, 0.5) is 27.8 Å². The van der Waals surface area contributed by atoms with Crippen molar-refractivity contribution < 1.29 is 31.4 Å². The quantitative estimate of drug-likeness (QED) is 0.167. The zero-order valence-electron chi connectivity index (χ0n) is 25.1. The van der Waals surface area contributed by atoms with Crippen LogP contribution in [0.1, 0.15) is 44.1 Å². The van der Waals surface area contributed by atoms with Gasteiger partial charge in [0.15, 0.2) is 5.82 Å². The average Bonchev–Trinajstić information content (AvgIpc) is 3.76. The molecule has 0 amide bonds. The largest absolute Gasteiger partial charge is 0.487 e. The first-order valence-electron chi connectivity index (χ1n) is 15.7. The van der Waals surface area contributed by atoms with Gasteiger partial charge in [0.05, 0.1) is 22.8 Å². The Kier molecular flexibility index (Phi) is 7.02. The zero-order chi connectivity index (χ0) is 32.0. The first-order valence-corrected chi connectivity index (χ1v) is 16.1. The molecule has 3 aliphatic heterocycles. The minimum atomic E-state index is -4.16. The monoisotopic (exact) mass is 662 g/mol. The molecule has 3 saturated heterocycles. The highest BCUT2D eigenvalue weighted by molar-refractivity contribution is 6.21. The van der Waals surface area contributed by atoms with Gasteiger partial charge in [0.1, 0.15) is 35.7 Å². The van der Waals surface area contributed by atoms with Crippen LogP contribution in [0.5, 0.6) is 11.8 Å². The van der Waals surface area contributed by atoms with Crippen LogP contribution in [0.15, 0.2) is 18.3 Å². The van der Waals surface area contributed by atoms with Crippen LogP contribution in [0, 0.1) is 30.4 Å². The van der Waals surface area contributed by atoms with Crippen LogP contribution in [-0.4, -0.2) is 75.1 Å². The summed E-state index contributed by atoms with van der Waals surface area (Å²) in [5.74, 6) is -1.38. The number of aromatic amines is 1. The first-order chi connectivity index (χ1) is 22.0. The summed E-state index contributed by atoms with van der Waals surface area (Å²) in [6, 6.07) is 2.51. The van der Waals surface area contributed by atoms with E-state index in [0.29, 0.717) is 49.2 Å². The molecule has 4 atom stereocenters. The fourth-order valence-electron chi connectivity index (χ4n) is 8.43. The third kappa shape index (κ3) is 5.01. The molecule has 2 bridgehead atoms. The first kappa shape index (κ1) is 29.9. The van der Waals surface area contributed by atoms with Gasteiger partial charge in [-0.1, -0.05) is 0 Å². The van der Waals surface area contributed by atoms with Gasteiger partial charge in [-0.2, -0.15) is 15.1 Å². The smallest absolute Gasteiger partial charge is 0.461 e. The standard InChI is InChI=1S/C32H32ClF5N6O2/c1-16-7-23-21(11-39-42-23)24(28(16)46-32(33,37)38)25-22(35)9-20-27(26(25)36)40-30(41-29(20)43-12-17-3-4-18(8-17)13-43)45-15-31-5-2-6-44(31)14-19(34)10-31/h7,9,11,17-19H,2-6,8,10,12-15H2,1H3,(H,39,42)/t17?,18?,19-,31+/m1/s1. The molecular formula is C32H32ClF5N6O2. The Morgan fingerprint density at radius 1 is 1.09 bits per heavy atom. The molecule has 1 aliphatic carbocycles. The molecular weight excluding hydrogens is 631 g/mol. The minimum Gasteiger partial charge on any atom is -0.461 e. The summed E-state index contributed by atoms with van der Waals surface area (Å²) in [4.78, 5) is 13.3. The molecule has 244 valence electrons. The van der Waals surface area contributed by atoms with Gasteiger partial charge in [-0.15, -0.1) is 8.78 Å². The number of nitrogens with zero attached hydrogens (tertiary/aromatic N) is 5. The molecule has 8 nitrogen and oxygen atoms in total. The molecule has 8 rings (SSSR count). The van der Waals surface area contributed by atoms with Gasteiger partial charge in [0.25, 0.3) is 0 Å². The fourth-order valence-corrected chi connectivity index (χ4v) is 8.50. The Morgan fingerprint density at radius 3 is 2.63 bits per heavy atom. The summed E-state index contributed by atoms with van der Waals surface area (Å²) in [6.07, 6.45) is 5.57. The number of piperidine rings is 1. The van der Waals surface area contributed by atoms with Crippen molar-refractivity contribution in [2.75, 3.05) is 37.7 Å². The molecule has 4 aliphatic rings. The number of nitrogens with one attached hydrogen (secondary N) is 1. The van der Waals surface area contributed by atoms with Crippen LogP contribution in [0.2, 0.25) is 0 Å². The number of anilines is 1. The van der Waals surface area contributed by atoms with Gasteiger partial charge in [-0.25, -0.2) is 13.2 Å². The molecule has 4 aromatic rings. The Bertz CT molecular complexity index is 1840. The third-order valence-corrected chi connectivity index (χ3v) is 10.4. The van der Waals surface area contributed by atoms with E-state index in [1.54, 1.807) is 0 Å². The van der Waals surface area contributed by atoms with E-state index in [1.807, 2.05) is 4.90 Å². The molecule has 1 N–H and O–H groups in total. The molecule has 2 aromatic heterocycles. The maximum Gasteiger partial charge on any atom is 0.487 e. The second-order valence-electron chi connectivity index (χ2n) is 13.4. The van der Waals surface area contributed by atoms with Crippen molar-refractivity contribution in [1.29, 1.82) is 0 Å². The Balaban J connectivity index is 1.30. The van der Waals surface area contributed by atoms with Crippen LogP contribution in [-0.2, 0) is 0 Å². The topological polar surface area (TPSA) is 79.4 Å². The predicted molar refractivity (Wildman–Crippen MR) is 162 cm³/mol. The molecule has 1 saturated carbocycles. The van der Waals surface area contributed by atoms with E-state index >= 15 is 8.78 Å². The number of rotatable bonds is 7. The van der Waals surface area contributed by atoms with Crippen molar-refractivity contribution >= 4 is 39.2 Å². The number of aryl methyl sites for hydroxylation is 1. The molecule has 46 heavy (non-hydrogen) atoms. The normalized spacial score (nSPS) is 26.4. The Morgan fingerprint density at radius 2 is 1.87 bits per heavy atom. The number of halogens is 6. The highest BCUT2D eigenvalue weighted by atomic mass is 35.5. The van der Waals surface area contributed by atoms with Crippen LogP contribution >= 0.6 is 11.6 Å². The van der Waals surface area contributed by atoms with Gasteiger partial charge >= 0.3 is 11.6 Å². The summed E-state index contributed by atoms with van der Waals surface area (Å²) >= 11 is 5.15. The third-order valence-electron chi connectivity index (χ3n) is 10.3. The van der Waals surface area contributed by atoms with Crippen molar-refractivity contribution in [2.45, 2.75) is 62.7 Å². The SMILES string of the molecule is Cc1cc2[nH]ncc2c(-c2c(F)cc3c(N4CC5CCC(C5)C4)nc(OC[C@@]45CCCN4C[C@H](F)C5)nc3c2F)c1OC(F)(F)Cl. The molecule has 4 fully saturated rings. The molecule has 0 spiro atoms. The summed E-state index contributed by atoms with van der Waals surface area (Å²) in [5.41, 5.74) is -5.27. The number of hydrogen-bond acceptors (Lipinski definition) is 7. The van der Waals surface area contributed by atoms with Crippen LogP contribution < -0.4 is 14.4 Å². The van der Waals surface area contributed by atoms with E-state index in [1.165, 1.54) is 19.2 Å². The average molecular weight is 663 g/mol. The van der Waals surface area contributed by atoms with Crippen LogP contribution in [0.25, 0.3) is 32.9 Å². The lowest BCUT2D eigenvalue weighted by Gasteiger charge is -2.34. The second kappa shape index (κ2) is 10.8. The predicted octanol–water partition coefficient (Wildman–Crippen LogP) is 7.12. The van der Waals surface area contributed by atoms with E-state index in [9.17, 15) is 13.2 Å². The fraction of sp³-hybridized carbons (Fsp3) is 0.531. The van der Waals surface area contributed by atoms with Crippen molar-refractivity contribution in [3.63, 3.8) is 0 Å². The highest BCUT2D eigenvalue weighted by Crippen LogP contribution is 2.47. The molecule has 0 radical (unpaired) electrons. The summed E-state index contributed by atoms with van der Waals surface area (Å²) in [6.45, 7) is 4.04. The molecule has 14 heteroatoms.